The third-order valence-corrected chi connectivity index (χ3v) is 3.88. The van der Waals surface area contributed by atoms with Gasteiger partial charge in [0.25, 0.3) is 0 Å². The predicted octanol–water partition coefficient (Wildman–Crippen LogP) is 4.18. The largest absolute Gasteiger partial charge is 0.265 e. The molecule has 5 nitrogen and oxygen atoms in total. The summed E-state index contributed by atoms with van der Waals surface area (Å²) in [7, 11) is 0. The van der Waals surface area contributed by atoms with Crippen molar-refractivity contribution in [2.24, 2.45) is 0 Å². The summed E-state index contributed by atoms with van der Waals surface area (Å²) >= 11 is 5.80. The molecular weight excluding hydrogens is 341 g/mol. The molecule has 0 saturated carbocycles. The maximum atomic E-state index is 13.3. The van der Waals surface area contributed by atoms with Crippen molar-refractivity contribution in [1.29, 1.82) is 0 Å². The molecule has 0 radical (unpaired) electrons. The minimum Gasteiger partial charge on any atom is -0.265 e. The summed E-state index contributed by atoms with van der Waals surface area (Å²) < 4.78 is 14.9. The third kappa shape index (κ3) is 3.12. The highest BCUT2D eigenvalue weighted by Gasteiger charge is 2.15. The summed E-state index contributed by atoms with van der Waals surface area (Å²) in [6.45, 7) is 0. The fourth-order valence-corrected chi connectivity index (χ4v) is 2.59. The average molecular weight is 352 g/mol. The minimum absolute atomic E-state index is 0.294. The fourth-order valence-electron chi connectivity index (χ4n) is 2.49. The molecular formula is C18H11ClFN5. The van der Waals surface area contributed by atoms with Gasteiger partial charge in [-0.1, -0.05) is 11.6 Å². The standard InChI is InChI=1S/C18H11ClFN5/c19-16-5-6-17(23-22-16)25-11-15(12-7-9-21-10-8-12)18(24-25)13-1-3-14(20)4-2-13/h1-11H. The van der Waals surface area contributed by atoms with Gasteiger partial charge in [-0.3, -0.25) is 4.98 Å². The van der Waals surface area contributed by atoms with Crippen LogP contribution in [0.2, 0.25) is 5.15 Å². The van der Waals surface area contributed by atoms with Crippen LogP contribution in [0.15, 0.2) is 67.1 Å². The van der Waals surface area contributed by atoms with Gasteiger partial charge >= 0.3 is 0 Å². The van der Waals surface area contributed by atoms with E-state index < -0.39 is 0 Å². The number of nitrogens with zero attached hydrogens (tertiary/aromatic N) is 5. The lowest BCUT2D eigenvalue weighted by atomic mass is 10.0. The van der Waals surface area contributed by atoms with Crippen molar-refractivity contribution in [3.63, 3.8) is 0 Å². The van der Waals surface area contributed by atoms with Crippen LogP contribution in [0, 0.1) is 5.82 Å². The fraction of sp³-hybridized carbons (Fsp3) is 0. The number of hydrogen-bond donors (Lipinski definition) is 0. The number of halogens is 2. The number of benzene rings is 1. The quantitative estimate of drug-likeness (QED) is 0.555. The van der Waals surface area contributed by atoms with E-state index in [2.05, 4.69) is 20.3 Å². The van der Waals surface area contributed by atoms with E-state index in [1.54, 1.807) is 41.3 Å². The van der Waals surface area contributed by atoms with Gasteiger partial charge in [-0.25, -0.2) is 9.07 Å². The Bertz CT molecular complexity index is 998. The number of pyridine rings is 1. The summed E-state index contributed by atoms with van der Waals surface area (Å²) in [5, 5.41) is 12.8. The highest BCUT2D eigenvalue weighted by Crippen LogP contribution is 2.31. The Morgan fingerprint density at radius 1 is 0.840 bits per heavy atom. The molecule has 4 aromatic rings. The summed E-state index contributed by atoms with van der Waals surface area (Å²) in [6, 6.07) is 13.4. The van der Waals surface area contributed by atoms with Crippen molar-refractivity contribution < 1.29 is 4.39 Å². The van der Waals surface area contributed by atoms with E-state index in [4.69, 9.17) is 11.6 Å². The van der Waals surface area contributed by atoms with Crippen LogP contribution < -0.4 is 0 Å². The number of rotatable bonds is 3. The molecule has 122 valence electrons. The Kier molecular flexibility index (Phi) is 3.95. The van der Waals surface area contributed by atoms with Crippen molar-refractivity contribution in [3.05, 3.63) is 78.1 Å². The SMILES string of the molecule is Fc1ccc(-c2nn(-c3ccc(Cl)nn3)cc2-c2ccncc2)cc1. The molecule has 0 aliphatic rings. The van der Waals surface area contributed by atoms with E-state index in [-0.39, 0.29) is 5.82 Å². The first-order chi connectivity index (χ1) is 12.2. The van der Waals surface area contributed by atoms with Crippen LogP contribution in [0.4, 0.5) is 4.39 Å². The molecule has 25 heavy (non-hydrogen) atoms. The zero-order valence-electron chi connectivity index (χ0n) is 12.8. The predicted molar refractivity (Wildman–Crippen MR) is 92.8 cm³/mol. The molecule has 7 heteroatoms. The molecule has 0 amide bonds. The van der Waals surface area contributed by atoms with Crippen LogP contribution in [-0.2, 0) is 0 Å². The lowest BCUT2D eigenvalue weighted by Crippen LogP contribution is -1.99. The first-order valence-corrected chi connectivity index (χ1v) is 7.84. The zero-order valence-corrected chi connectivity index (χ0v) is 13.6. The molecule has 0 atom stereocenters. The van der Waals surface area contributed by atoms with Gasteiger partial charge in [0, 0.05) is 29.7 Å². The Balaban J connectivity index is 1.89. The van der Waals surface area contributed by atoms with Crippen LogP contribution in [-0.4, -0.2) is 25.0 Å². The highest BCUT2D eigenvalue weighted by atomic mass is 35.5. The number of aromatic nitrogens is 5. The van der Waals surface area contributed by atoms with Crippen LogP contribution in [0.3, 0.4) is 0 Å². The molecule has 0 N–H and O–H groups in total. The normalized spacial score (nSPS) is 10.8. The molecule has 0 saturated heterocycles. The molecule has 1 aromatic carbocycles. The molecule has 3 aromatic heterocycles. The summed E-state index contributed by atoms with van der Waals surface area (Å²) in [5.74, 6) is 0.241. The topological polar surface area (TPSA) is 56.5 Å². The van der Waals surface area contributed by atoms with E-state index in [0.29, 0.717) is 16.7 Å². The van der Waals surface area contributed by atoms with Crippen molar-refractivity contribution in [1.82, 2.24) is 25.0 Å². The Labute approximate surface area is 147 Å². The molecule has 0 aliphatic heterocycles. The van der Waals surface area contributed by atoms with E-state index in [0.717, 1.165) is 16.7 Å². The van der Waals surface area contributed by atoms with Gasteiger partial charge < -0.3 is 0 Å². The molecule has 0 spiro atoms. The molecule has 0 bridgehead atoms. The lowest BCUT2D eigenvalue weighted by Gasteiger charge is -2.02. The Morgan fingerprint density at radius 3 is 2.28 bits per heavy atom. The first-order valence-electron chi connectivity index (χ1n) is 7.46. The van der Waals surface area contributed by atoms with Gasteiger partial charge in [-0.05, 0) is 54.1 Å². The molecule has 0 fully saturated rings. The van der Waals surface area contributed by atoms with Crippen LogP contribution in [0.25, 0.3) is 28.2 Å². The lowest BCUT2D eigenvalue weighted by molar-refractivity contribution is 0.628. The van der Waals surface area contributed by atoms with Gasteiger partial charge in [-0.15, -0.1) is 10.2 Å². The Hall–Kier alpha value is -3.12. The minimum atomic E-state index is -0.294. The summed E-state index contributed by atoms with van der Waals surface area (Å²) in [6.07, 6.45) is 5.28. The Morgan fingerprint density at radius 2 is 1.60 bits per heavy atom. The first kappa shape index (κ1) is 15.4. The monoisotopic (exact) mass is 351 g/mol. The van der Waals surface area contributed by atoms with Crippen molar-refractivity contribution in [2.45, 2.75) is 0 Å². The van der Waals surface area contributed by atoms with Gasteiger partial charge in [0.1, 0.15) is 11.5 Å². The molecule has 0 aliphatic carbocycles. The van der Waals surface area contributed by atoms with E-state index in [9.17, 15) is 4.39 Å². The second kappa shape index (κ2) is 6.41. The van der Waals surface area contributed by atoms with E-state index >= 15 is 0 Å². The second-order valence-electron chi connectivity index (χ2n) is 5.29. The van der Waals surface area contributed by atoms with Crippen LogP contribution in [0.5, 0.6) is 0 Å². The third-order valence-electron chi connectivity index (χ3n) is 3.68. The summed E-state index contributed by atoms with van der Waals surface area (Å²) in [5.41, 5.74) is 3.34. The molecule has 4 rings (SSSR count). The van der Waals surface area contributed by atoms with Crippen molar-refractivity contribution >= 4 is 11.6 Å². The van der Waals surface area contributed by atoms with Crippen LogP contribution >= 0.6 is 11.6 Å². The molecule has 0 unspecified atom stereocenters. The second-order valence-corrected chi connectivity index (χ2v) is 5.68. The maximum Gasteiger partial charge on any atom is 0.175 e. The van der Waals surface area contributed by atoms with E-state index in [1.165, 1.54) is 12.1 Å². The van der Waals surface area contributed by atoms with E-state index in [1.807, 2.05) is 18.3 Å². The highest BCUT2D eigenvalue weighted by molar-refractivity contribution is 6.29. The van der Waals surface area contributed by atoms with Crippen molar-refractivity contribution in [2.75, 3.05) is 0 Å². The average Bonchev–Trinajstić information content (AvgIpc) is 3.09. The van der Waals surface area contributed by atoms with Gasteiger partial charge in [-0.2, -0.15) is 5.10 Å². The zero-order chi connectivity index (χ0) is 17.2. The summed E-state index contributed by atoms with van der Waals surface area (Å²) in [4.78, 5) is 4.05. The number of hydrogen-bond acceptors (Lipinski definition) is 4. The maximum absolute atomic E-state index is 13.3. The smallest absolute Gasteiger partial charge is 0.175 e. The van der Waals surface area contributed by atoms with Gasteiger partial charge in [0.15, 0.2) is 11.0 Å². The van der Waals surface area contributed by atoms with Crippen LogP contribution in [0.1, 0.15) is 0 Å². The molecule has 3 heterocycles. The van der Waals surface area contributed by atoms with Crippen molar-refractivity contribution in [3.8, 4) is 28.2 Å². The van der Waals surface area contributed by atoms with Gasteiger partial charge in [0.05, 0.1) is 0 Å². The van der Waals surface area contributed by atoms with Gasteiger partial charge in [0.2, 0.25) is 0 Å².